The summed E-state index contributed by atoms with van der Waals surface area (Å²) in [6.45, 7) is 2.68. The summed E-state index contributed by atoms with van der Waals surface area (Å²) in [5, 5.41) is 11.9. The summed E-state index contributed by atoms with van der Waals surface area (Å²) in [5.74, 6) is 0.470. The lowest BCUT2D eigenvalue weighted by Crippen LogP contribution is -2.15. The van der Waals surface area contributed by atoms with Crippen molar-refractivity contribution < 1.29 is 9.50 Å². The van der Waals surface area contributed by atoms with E-state index in [2.05, 4.69) is 15.3 Å². The molecule has 0 aliphatic heterocycles. The van der Waals surface area contributed by atoms with Crippen molar-refractivity contribution in [2.75, 3.05) is 18.5 Å². The number of fused-ring (bicyclic) bond motifs is 1. The standard InChI is InChI=1S/C11H14FN3O/c1-7(6-16)5-13-11-14-9-3-2-8(12)4-10(9)15-11/h2-4,7,16H,5-6H2,1H3,(H2,13,14,15). The Hall–Kier alpha value is -1.62. The number of benzene rings is 1. The Labute approximate surface area is 92.5 Å². The van der Waals surface area contributed by atoms with E-state index < -0.39 is 0 Å². The number of hydrogen-bond donors (Lipinski definition) is 3. The van der Waals surface area contributed by atoms with Gasteiger partial charge in [0.1, 0.15) is 5.82 Å². The quantitative estimate of drug-likeness (QED) is 0.740. The van der Waals surface area contributed by atoms with Crippen molar-refractivity contribution >= 4 is 17.0 Å². The van der Waals surface area contributed by atoms with E-state index in [9.17, 15) is 4.39 Å². The van der Waals surface area contributed by atoms with Crippen LogP contribution in [0.4, 0.5) is 10.3 Å². The van der Waals surface area contributed by atoms with Crippen LogP contribution in [0.1, 0.15) is 6.92 Å². The molecule has 1 aromatic carbocycles. The average Bonchev–Trinajstić information content (AvgIpc) is 2.67. The zero-order valence-electron chi connectivity index (χ0n) is 9.00. The number of imidazole rings is 1. The predicted octanol–water partition coefficient (Wildman–Crippen LogP) is 1.74. The SMILES string of the molecule is CC(CO)CNc1nc2ccc(F)cc2[nH]1. The monoisotopic (exact) mass is 223 g/mol. The third kappa shape index (κ3) is 2.30. The fraction of sp³-hybridized carbons (Fsp3) is 0.364. The normalized spacial score (nSPS) is 12.9. The molecule has 0 radical (unpaired) electrons. The smallest absolute Gasteiger partial charge is 0.201 e. The van der Waals surface area contributed by atoms with Crippen molar-refractivity contribution in [2.24, 2.45) is 5.92 Å². The molecule has 0 saturated heterocycles. The maximum Gasteiger partial charge on any atom is 0.201 e. The zero-order chi connectivity index (χ0) is 11.5. The van der Waals surface area contributed by atoms with Crippen LogP contribution in [-0.2, 0) is 0 Å². The first-order chi connectivity index (χ1) is 7.69. The van der Waals surface area contributed by atoms with E-state index in [4.69, 9.17) is 5.11 Å². The number of rotatable bonds is 4. The molecule has 0 fully saturated rings. The molecule has 0 aliphatic carbocycles. The van der Waals surface area contributed by atoms with E-state index in [1.165, 1.54) is 12.1 Å². The van der Waals surface area contributed by atoms with Gasteiger partial charge < -0.3 is 15.4 Å². The first kappa shape index (κ1) is 10.9. The number of H-pyrrole nitrogens is 1. The Morgan fingerprint density at radius 3 is 3.12 bits per heavy atom. The summed E-state index contributed by atoms with van der Waals surface area (Å²) in [4.78, 5) is 7.22. The van der Waals surface area contributed by atoms with Crippen molar-refractivity contribution in [1.29, 1.82) is 0 Å². The minimum atomic E-state index is -0.286. The lowest BCUT2D eigenvalue weighted by atomic mass is 10.2. The second-order valence-corrected chi connectivity index (χ2v) is 3.92. The van der Waals surface area contributed by atoms with Crippen LogP contribution < -0.4 is 5.32 Å². The Kier molecular flexibility index (Phi) is 3.05. The van der Waals surface area contributed by atoms with E-state index >= 15 is 0 Å². The maximum atomic E-state index is 12.9. The summed E-state index contributed by atoms with van der Waals surface area (Å²) in [5.41, 5.74) is 1.39. The topological polar surface area (TPSA) is 60.9 Å². The fourth-order valence-electron chi connectivity index (χ4n) is 1.40. The summed E-state index contributed by atoms with van der Waals surface area (Å²) in [6, 6.07) is 4.41. The summed E-state index contributed by atoms with van der Waals surface area (Å²) in [6.07, 6.45) is 0. The second-order valence-electron chi connectivity index (χ2n) is 3.92. The first-order valence-electron chi connectivity index (χ1n) is 5.19. The lowest BCUT2D eigenvalue weighted by molar-refractivity contribution is 0.244. The molecule has 0 saturated carbocycles. The molecule has 4 nitrogen and oxygen atoms in total. The van der Waals surface area contributed by atoms with Crippen LogP contribution >= 0.6 is 0 Å². The van der Waals surface area contributed by atoms with Gasteiger partial charge in [0.15, 0.2) is 0 Å². The van der Waals surface area contributed by atoms with Gasteiger partial charge >= 0.3 is 0 Å². The molecule has 2 rings (SSSR count). The number of aromatic nitrogens is 2. The lowest BCUT2D eigenvalue weighted by Gasteiger charge is -2.07. The number of aliphatic hydroxyl groups is 1. The van der Waals surface area contributed by atoms with Crippen LogP contribution in [0.25, 0.3) is 11.0 Å². The summed E-state index contributed by atoms with van der Waals surface area (Å²) >= 11 is 0. The molecule has 2 aromatic rings. The molecule has 0 aliphatic rings. The minimum absolute atomic E-state index is 0.127. The molecule has 0 spiro atoms. The molecule has 0 bridgehead atoms. The molecule has 1 heterocycles. The molecular weight excluding hydrogens is 209 g/mol. The number of aromatic amines is 1. The highest BCUT2D eigenvalue weighted by atomic mass is 19.1. The van der Waals surface area contributed by atoms with Gasteiger partial charge in [-0.2, -0.15) is 0 Å². The van der Waals surface area contributed by atoms with Gasteiger partial charge in [0.25, 0.3) is 0 Å². The van der Waals surface area contributed by atoms with E-state index in [-0.39, 0.29) is 18.3 Å². The highest BCUT2D eigenvalue weighted by Crippen LogP contribution is 2.15. The van der Waals surface area contributed by atoms with Crippen LogP contribution in [0, 0.1) is 11.7 Å². The van der Waals surface area contributed by atoms with E-state index in [0.717, 1.165) is 5.52 Å². The molecule has 1 atom stereocenters. The van der Waals surface area contributed by atoms with Gasteiger partial charge in [-0.05, 0) is 24.1 Å². The zero-order valence-corrected chi connectivity index (χ0v) is 9.00. The Morgan fingerprint density at radius 2 is 2.38 bits per heavy atom. The number of hydrogen-bond acceptors (Lipinski definition) is 3. The molecule has 0 amide bonds. The van der Waals surface area contributed by atoms with Crippen molar-refractivity contribution in [2.45, 2.75) is 6.92 Å². The highest BCUT2D eigenvalue weighted by molar-refractivity contribution is 5.77. The number of anilines is 1. The van der Waals surface area contributed by atoms with Gasteiger partial charge in [-0.25, -0.2) is 9.37 Å². The number of halogens is 1. The van der Waals surface area contributed by atoms with Gasteiger partial charge in [-0.15, -0.1) is 0 Å². The average molecular weight is 223 g/mol. The van der Waals surface area contributed by atoms with Crippen molar-refractivity contribution in [3.8, 4) is 0 Å². The molecular formula is C11H14FN3O. The highest BCUT2D eigenvalue weighted by Gasteiger charge is 2.05. The fourth-order valence-corrected chi connectivity index (χ4v) is 1.40. The van der Waals surface area contributed by atoms with E-state index in [0.29, 0.717) is 18.0 Å². The van der Waals surface area contributed by atoms with Crippen molar-refractivity contribution in [3.63, 3.8) is 0 Å². The van der Waals surface area contributed by atoms with Crippen LogP contribution in [0.3, 0.4) is 0 Å². The van der Waals surface area contributed by atoms with Crippen LogP contribution in [0.5, 0.6) is 0 Å². The van der Waals surface area contributed by atoms with Crippen molar-refractivity contribution in [1.82, 2.24) is 9.97 Å². The predicted molar refractivity (Wildman–Crippen MR) is 60.8 cm³/mol. The Morgan fingerprint density at radius 1 is 1.56 bits per heavy atom. The second kappa shape index (κ2) is 4.49. The Bertz CT molecular complexity index is 483. The summed E-state index contributed by atoms with van der Waals surface area (Å²) in [7, 11) is 0. The molecule has 16 heavy (non-hydrogen) atoms. The van der Waals surface area contributed by atoms with Crippen LogP contribution in [-0.4, -0.2) is 28.2 Å². The van der Waals surface area contributed by atoms with Crippen LogP contribution in [0.15, 0.2) is 18.2 Å². The molecule has 5 heteroatoms. The van der Waals surface area contributed by atoms with Crippen molar-refractivity contribution in [3.05, 3.63) is 24.0 Å². The van der Waals surface area contributed by atoms with E-state index in [1.807, 2.05) is 6.92 Å². The molecule has 3 N–H and O–H groups in total. The third-order valence-corrected chi connectivity index (χ3v) is 2.37. The van der Waals surface area contributed by atoms with Gasteiger partial charge in [0.05, 0.1) is 11.0 Å². The maximum absolute atomic E-state index is 12.9. The number of nitrogens with one attached hydrogen (secondary N) is 2. The van der Waals surface area contributed by atoms with Gasteiger partial charge in [-0.1, -0.05) is 6.92 Å². The third-order valence-electron chi connectivity index (χ3n) is 2.37. The number of aliphatic hydroxyl groups excluding tert-OH is 1. The summed E-state index contributed by atoms with van der Waals surface area (Å²) < 4.78 is 12.9. The molecule has 1 aromatic heterocycles. The van der Waals surface area contributed by atoms with Gasteiger partial charge in [0.2, 0.25) is 5.95 Å². The first-order valence-corrected chi connectivity index (χ1v) is 5.19. The minimum Gasteiger partial charge on any atom is -0.396 e. The van der Waals surface area contributed by atoms with Gasteiger partial charge in [-0.3, -0.25) is 0 Å². The largest absolute Gasteiger partial charge is 0.396 e. The molecule has 1 unspecified atom stereocenters. The van der Waals surface area contributed by atoms with E-state index in [1.54, 1.807) is 6.07 Å². The number of nitrogens with zero attached hydrogens (tertiary/aromatic N) is 1. The van der Waals surface area contributed by atoms with Gasteiger partial charge in [0, 0.05) is 13.2 Å². The Balaban J connectivity index is 2.13. The van der Waals surface area contributed by atoms with Crippen LogP contribution in [0.2, 0.25) is 0 Å². The molecule has 86 valence electrons.